The van der Waals surface area contributed by atoms with Gasteiger partial charge in [-0.15, -0.1) is 6.42 Å². The molecular weight excluding hydrogens is 243 g/mol. The van der Waals surface area contributed by atoms with Crippen LogP contribution in [-0.4, -0.2) is 15.0 Å². The molecule has 0 fully saturated rings. The first-order valence-electron chi connectivity index (χ1n) is 3.96. The lowest BCUT2D eigenvalue weighted by molar-refractivity contribution is 0.495. The smallest absolute Gasteiger partial charge is 0.207 e. The molecular formula is C9H6F3NO2S. The molecule has 0 amide bonds. The third kappa shape index (κ3) is 2.53. The minimum atomic E-state index is -4.41. The zero-order chi connectivity index (χ0) is 12.3. The molecule has 0 atom stereocenters. The van der Waals surface area contributed by atoms with Crippen LogP contribution in [0, 0.1) is 29.8 Å². The second-order valence-corrected chi connectivity index (χ2v) is 4.43. The summed E-state index contributed by atoms with van der Waals surface area (Å²) in [5.74, 6) is -2.29. The summed E-state index contributed by atoms with van der Waals surface area (Å²) >= 11 is 0. The number of rotatable bonds is 3. The predicted molar refractivity (Wildman–Crippen MR) is 50.3 cm³/mol. The van der Waals surface area contributed by atoms with Crippen molar-refractivity contribution >= 4 is 10.0 Å². The molecule has 1 rings (SSSR count). The Hall–Kier alpha value is -1.52. The van der Waals surface area contributed by atoms with Gasteiger partial charge in [0, 0.05) is 12.1 Å². The lowest BCUT2D eigenvalue weighted by atomic mass is 10.3. The summed E-state index contributed by atoms with van der Waals surface area (Å²) in [5, 5.41) is 0. The molecule has 16 heavy (non-hydrogen) atoms. The monoisotopic (exact) mass is 249 g/mol. The van der Waals surface area contributed by atoms with Crippen LogP contribution in [0.3, 0.4) is 0 Å². The number of benzene rings is 1. The highest BCUT2D eigenvalue weighted by Crippen LogP contribution is 2.19. The van der Waals surface area contributed by atoms with Crippen molar-refractivity contribution in [2.24, 2.45) is 0 Å². The topological polar surface area (TPSA) is 46.2 Å². The molecule has 0 aromatic heterocycles. The Balaban J connectivity index is 3.29. The lowest BCUT2D eigenvalue weighted by Gasteiger charge is -2.06. The molecule has 1 aromatic rings. The van der Waals surface area contributed by atoms with Crippen molar-refractivity contribution in [3.05, 3.63) is 29.6 Å². The molecule has 1 N–H and O–H groups in total. The summed E-state index contributed by atoms with van der Waals surface area (Å²) in [6.07, 6.45) is 4.79. The van der Waals surface area contributed by atoms with E-state index in [1.165, 1.54) is 0 Å². The predicted octanol–water partition coefficient (Wildman–Crippen LogP) is 1.02. The van der Waals surface area contributed by atoms with Crippen molar-refractivity contribution in [1.82, 2.24) is 4.72 Å². The number of halogens is 3. The van der Waals surface area contributed by atoms with E-state index in [1.807, 2.05) is 5.92 Å². The van der Waals surface area contributed by atoms with Crippen molar-refractivity contribution in [3.63, 3.8) is 0 Å². The first-order valence-corrected chi connectivity index (χ1v) is 5.44. The van der Waals surface area contributed by atoms with Crippen molar-refractivity contribution in [1.29, 1.82) is 0 Å². The quantitative estimate of drug-likeness (QED) is 0.813. The van der Waals surface area contributed by atoms with Crippen molar-refractivity contribution in [2.45, 2.75) is 4.90 Å². The normalized spacial score (nSPS) is 11.1. The second-order valence-electron chi connectivity index (χ2n) is 2.73. The minimum Gasteiger partial charge on any atom is -0.207 e. The highest BCUT2D eigenvalue weighted by molar-refractivity contribution is 7.89. The average Bonchev–Trinajstić information content (AvgIpc) is 2.12. The van der Waals surface area contributed by atoms with E-state index in [4.69, 9.17) is 6.42 Å². The summed E-state index contributed by atoms with van der Waals surface area (Å²) in [6.45, 7) is -0.418. The third-order valence-corrected chi connectivity index (χ3v) is 3.05. The number of nitrogens with one attached hydrogen (secondary N) is 1. The van der Waals surface area contributed by atoms with Gasteiger partial charge < -0.3 is 0 Å². The van der Waals surface area contributed by atoms with Gasteiger partial charge in [-0.3, -0.25) is 0 Å². The first kappa shape index (κ1) is 12.5. The number of hydrogen-bond donors (Lipinski definition) is 1. The Bertz CT molecular complexity index is 525. The van der Waals surface area contributed by atoms with Crippen molar-refractivity contribution < 1.29 is 21.6 Å². The number of hydrogen-bond acceptors (Lipinski definition) is 2. The number of terminal acetylenes is 1. The fourth-order valence-electron chi connectivity index (χ4n) is 0.995. The Morgan fingerprint density at radius 2 is 1.75 bits per heavy atom. The van der Waals surface area contributed by atoms with E-state index in [9.17, 15) is 21.6 Å². The summed E-state index contributed by atoms with van der Waals surface area (Å²) in [7, 11) is -4.41. The molecule has 3 nitrogen and oxygen atoms in total. The van der Waals surface area contributed by atoms with Crippen LogP contribution < -0.4 is 4.72 Å². The van der Waals surface area contributed by atoms with Gasteiger partial charge in [0.15, 0.2) is 4.90 Å². The highest BCUT2D eigenvalue weighted by Gasteiger charge is 2.24. The van der Waals surface area contributed by atoms with Gasteiger partial charge in [0.25, 0.3) is 0 Å². The summed E-state index contributed by atoms with van der Waals surface area (Å²) in [4.78, 5) is -1.25. The van der Waals surface area contributed by atoms with Gasteiger partial charge in [0.2, 0.25) is 10.0 Å². The summed E-state index contributed by atoms with van der Waals surface area (Å²) in [5.41, 5.74) is 0. The molecule has 0 bridgehead atoms. The Morgan fingerprint density at radius 3 is 2.19 bits per heavy atom. The van der Waals surface area contributed by atoms with E-state index >= 15 is 0 Å². The first-order chi connectivity index (χ1) is 7.38. The molecule has 0 aliphatic heterocycles. The maximum atomic E-state index is 13.1. The molecule has 0 saturated carbocycles. The van der Waals surface area contributed by atoms with Crippen molar-refractivity contribution in [3.8, 4) is 12.3 Å². The van der Waals surface area contributed by atoms with Gasteiger partial charge in [-0.05, 0) is 0 Å². The van der Waals surface area contributed by atoms with Gasteiger partial charge in [-0.25, -0.2) is 21.6 Å². The van der Waals surface area contributed by atoms with E-state index in [2.05, 4.69) is 0 Å². The van der Waals surface area contributed by atoms with Crippen LogP contribution in [0.15, 0.2) is 17.0 Å². The Labute approximate surface area is 90.3 Å². The minimum absolute atomic E-state index is 0.271. The van der Waals surface area contributed by atoms with Crippen LogP contribution in [0.2, 0.25) is 0 Å². The Morgan fingerprint density at radius 1 is 1.25 bits per heavy atom. The molecule has 1 aromatic carbocycles. The molecule has 0 aliphatic carbocycles. The van der Waals surface area contributed by atoms with Crippen LogP contribution in [-0.2, 0) is 10.0 Å². The number of sulfonamides is 1. The van der Waals surface area contributed by atoms with Gasteiger partial charge in [0.1, 0.15) is 17.5 Å². The third-order valence-electron chi connectivity index (χ3n) is 1.60. The fourth-order valence-corrected chi connectivity index (χ4v) is 2.04. The zero-order valence-corrected chi connectivity index (χ0v) is 8.61. The Kier molecular flexibility index (Phi) is 3.57. The fraction of sp³-hybridized carbons (Fsp3) is 0.111. The molecule has 0 unspecified atom stereocenters. The van der Waals surface area contributed by atoms with E-state index in [1.54, 1.807) is 4.72 Å². The van der Waals surface area contributed by atoms with Crippen LogP contribution in [0.5, 0.6) is 0 Å². The molecule has 7 heteroatoms. The van der Waals surface area contributed by atoms with E-state index in [0.29, 0.717) is 0 Å². The standard InChI is InChI=1S/C9H6F3NO2S/c1-2-3-13-16(14,15)9-7(11)4-6(10)5-8(9)12/h1,4-5,13H,3H2. The van der Waals surface area contributed by atoms with Gasteiger partial charge in [-0.2, -0.15) is 4.72 Å². The SMILES string of the molecule is C#CCNS(=O)(=O)c1c(F)cc(F)cc1F. The second kappa shape index (κ2) is 4.55. The van der Waals surface area contributed by atoms with Crippen LogP contribution in [0.4, 0.5) is 13.2 Å². The summed E-state index contributed by atoms with van der Waals surface area (Å²) < 4.78 is 63.1. The molecule has 86 valence electrons. The summed E-state index contributed by atoms with van der Waals surface area (Å²) in [6, 6.07) is 0.543. The average molecular weight is 249 g/mol. The molecule has 0 heterocycles. The van der Waals surface area contributed by atoms with Crippen LogP contribution >= 0.6 is 0 Å². The lowest BCUT2D eigenvalue weighted by Crippen LogP contribution is -2.26. The maximum absolute atomic E-state index is 13.1. The van der Waals surface area contributed by atoms with Gasteiger partial charge in [-0.1, -0.05) is 5.92 Å². The van der Waals surface area contributed by atoms with Gasteiger partial charge >= 0.3 is 0 Å². The largest absolute Gasteiger partial charge is 0.247 e. The molecule has 0 aliphatic rings. The molecule has 0 radical (unpaired) electrons. The highest BCUT2D eigenvalue weighted by atomic mass is 32.2. The molecule has 0 spiro atoms. The van der Waals surface area contributed by atoms with Crippen LogP contribution in [0.1, 0.15) is 0 Å². The van der Waals surface area contributed by atoms with Crippen LogP contribution in [0.25, 0.3) is 0 Å². The van der Waals surface area contributed by atoms with Crippen molar-refractivity contribution in [2.75, 3.05) is 6.54 Å². The van der Waals surface area contributed by atoms with Gasteiger partial charge in [0.05, 0.1) is 6.54 Å². The molecule has 0 saturated heterocycles. The van der Waals surface area contributed by atoms with E-state index in [-0.39, 0.29) is 12.1 Å². The maximum Gasteiger partial charge on any atom is 0.247 e. The zero-order valence-electron chi connectivity index (χ0n) is 7.80. The van der Waals surface area contributed by atoms with E-state index < -0.39 is 38.9 Å². The van der Waals surface area contributed by atoms with E-state index in [0.717, 1.165) is 0 Å².